The third-order valence-electron chi connectivity index (χ3n) is 1.99. The molecule has 0 atom stereocenters. The normalized spacial score (nSPS) is 10.1. The van der Waals surface area contributed by atoms with Gasteiger partial charge >= 0.3 is 0 Å². The number of aromatic nitrogens is 2. The van der Waals surface area contributed by atoms with Crippen LogP contribution in [-0.4, -0.2) is 9.97 Å². The Bertz CT molecular complexity index is 408. The van der Waals surface area contributed by atoms with Crippen molar-refractivity contribution in [2.24, 2.45) is 0 Å². The van der Waals surface area contributed by atoms with E-state index in [0.717, 1.165) is 22.6 Å². The Morgan fingerprint density at radius 1 is 1.14 bits per heavy atom. The van der Waals surface area contributed by atoms with Gasteiger partial charge in [-0.1, -0.05) is 12.1 Å². The van der Waals surface area contributed by atoms with Crippen LogP contribution >= 0.6 is 0 Å². The summed E-state index contributed by atoms with van der Waals surface area (Å²) in [6, 6.07) is 9.61. The number of benzene rings is 1. The number of rotatable bonds is 1. The molecule has 14 heavy (non-hydrogen) atoms. The topological polar surface area (TPSA) is 51.8 Å². The minimum Gasteiger partial charge on any atom is -0.399 e. The van der Waals surface area contributed by atoms with Gasteiger partial charge < -0.3 is 5.73 Å². The van der Waals surface area contributed by atoms with E-state index in [1.165, 1.54) is 0 Å². The van der Waals surface area contributed by atoms with Crippen LogP contribution in [0.25, 0.3) is 11.3 Å². The standard InChI is InChI=1S/C11H11N3/c1-8-5-11(14-7-13-8)9-3-2-4-10(12)6-9/h2-7H,12H2,1H3. The highest BCUT2D eigenvalue weighted by Gasteiger charge is 1.99. The van der Waals surface area contributed by atoms with Crippen molar-refractivity contribution >= 4 is 5.69 Å². The molecule has 0 unspecified atom stereocenters. The fraction of sp³-hybridized carbons (Fsp3) is 0.0909. The van der Waals surface area contributed by atoms with Crippen LogP contribution in [0.1, 0.15) is 5.69 Å². The Kier molecular flexibility index (Phi) is 2.14. The quantitative estimate of drug-likeness (QED) is 0.691. The zero-order valence-electron chi connectivity index (χ0n) is 7.94. The smallest absolute Gasteiger partial charge is 0.116 e. The van der Waals surface area contributed by atoms with Gasteiger partial charge in [-0.3, -0.25) is 0 Å². The van der Waals surface area contributed by atoms with Crippen LogP contribution in [0.15, 0.2) is 36.7 Å². The Morgan fingerprint density at radius 2 is 2.00 bits per heavy atom. The number of anilines is 1. The van der Waals surface area contributed by atoms with E-state index >= 15 is 0 Å². The largest absolute Gasteiger partial charge is 0.399 e. The zero-order valence-corrected chi connectivity index (χ0v) is 7.94. The third kappa shape index (κ3) is 1.71. The lowest BCUT2D eigenvalue weighted by molar-refractivity contribution is 1.11. The molecule has 0 radical (unpaired) electrons. The Hall–Kier alpha value is -1.90. The molecule has 2 rings (SSSR count). The Balaban J connectivity index is 2.49. The molecule has 3 heteroatoms. The van der Waals surface area contributed by atoms with Crippen molar-refractivity contribution in [3.63, 3.8) is 0 Å². The van der Waals surface area contributed by atoms with Crippen LogP contribution < -0.4 is 5.73 Å². The molecule has 0 aliphatic heterocycles. The second kappa shape index (κ2) is 3.46. The second-order valence-electron chi connectivity index (χ2n) is 3.17. The molecule has 0 amide bonds. The van der Waals surface area contributed by atoms with Crippen molar-refractivity contribution in [2.75, 3.05) is 5.73 Å². The molecular weight excluding hydrogens is 174 g/mol. The summed E-state index contributed by atoms with van der Waals surface area (Å²) in [6.45, 7) is 1.94. The average molecular weight is 185 g/mol. The summed E-state index contributed by atoms with van der Waals surface area (Å²) in [5, 5.41) is 0. The maximum absolute atomic E-state index is 5.69. The first kappa shape index (κ1) is 8.69. The summed E-state index contributed by atoms with van der Waals surface area (Å²) in [5.41, 5.74) is 9.33. The van der Waals surface area contributed by atoms with Crippen LogP contribution in [-0.2, 0) is 0 Å². The lowest BCUT2D eigenvalue weighted by Crippen LogP contribution is -1.89. The first-order valence-electron chi connectivity index (χ1n) is 4.40. The van der Waals surface area contributed by atoms with Crippen molar-refractivity contribution in [3.8, 4) is 11.3 Å². The first-order valence-corrected chi connectivity index (χ1v) is 4.40. The van der Waals surface area contributed by atoms with Crippen molar-refractivity contribution in [2.45, 2.75) is 6.92 Å². The lowest BCUT2D eigenvalue weighted by Gasteiger charge is -2.01. The molecule has 0 aliphatic carbocycles. The fourth-order valence-electron chi connectivity index (χ4n) is 1.31. The van der Waals surface area contributed by atoms with E-state index in [1.807, 2.05) is 37.3 Å². The monoisotopic (exact) mass is 185 g/mol. The summed E-state index contributed by atoms with van der Waals surface area (Å²) in [5.74, 6) is 0. The van der Waals surface area contributed by atoms with Gasteiger partial charge in [-0.25, -0.2) is 9.97 Å². The van der Waals surface area contributed by atoms with E-state index in [0.29, 0.717) is 0 Å². The highest BCUT2D eigenvalue weighted by Crippen LogP contribution is 2.18. The van der Waals surface area contributed by atoms with Crippen LogP contribution in [0.4, 0.5) is 5.69 Å². The van der Waals surface area contributed by atoms with Gasteiger partial charge in [0.1, 0.15) is 6.33 Å². The molecule has 0 aliphatic rings. The summed E-state index contributed by atoms with van der Waals surface area (Å²) in [6.07, 6.45) is 1.56. The van der Waals surface area contributed by atoms with Gasteiger partial charge in [0.15, 0.2) is 0 Å². The van der Waals surface area contributed by atoms with Gasteiger partial charge in [-0.15, -0.1) is 0 Å². The Morgan fingerprint density at radius 3 is 2.71 bits per heavy atom. The van der Waals surface area contributed by atoms with Crippen molar-refractivity contribution < 1.29 is 0 Å². The van der Waals surface area contributed by atoms with E-state index in [-0.39, 0.29) is 0 Å². The molecule has 3 nitrogen and oxygen atoms in total. The molecule has 0 fully saturated rings. The van der Waals surface area contributed by atoms with E-state index in [2.05, 4.69) is 9.97 Å². The minimum atomic E-state index is 0.749. The summed E-state index contributed by atoms with van der Waals surface area (Å²) in [4.78, 5) is 8.23. The number of nitrogens with two attached hydrogens (primary N) is 1. The summed E-state index contributed by atoms with van der Waals surface area (Å²) in [7, 11) is 0. The van der Waals surface area contributed by atoms with Crippen molar-refractivity contribution in [1.82, 2.24) is 9.97 Å². The molecule has 0 saturated heterocycles. The zero-order chi connectivity index (χ0) is 9.97. The molecule has 1 aromatic carbocycles. The lowest BCUT2D eigenvalue weighted by atomic mass is 10.1. The number of nitrogen functional groups attached to an aromatic ring is 1. The van der Waals surface area contributed by atoms with Gasteiger partial charge in [-0.05, 0) is 25.1 Å². The van der Waals surface area contributed by atoms with Crippen LogP contribution in [0.3, 0.4) is 0 Å². The van der Waals surface area contributed by atoms with E-state index < -0.39 is 0 Å². The van der Waals surface area contributed by atoms with E-state index in [1.54, 1.807) is 6.33 Å². The van der Waals surface area contributed by atoms with Crippen molar-refractivity contribution in [1.29, 1.82) is 0 Å². The highest BCUT2D eigenvalue weighted by molar-refractivity contribution is 5.63. The van der Waals surface area contributed by atoms with Gasteiger partial charge in [0.05, 0.1) is 5.69 Å². The second-order valence-corrected chi connectivity index (χ2v) is 3.17. The molecule has 70 valence electrons. The van der Waals surface area contributed by atoms with E-state index in [4.69, 9.17) is 5.73 Å². The van der Waals surface area contributed by atoms with Gasteiger partial charge in [0.2, 0.25) is 0 Å². The number of aryl methyl sites for hydroxylation is 1. The van der Waals surface area contributed by atoms with E-state index in [9.17, 15) is 0 Å². The molecule has 0 spiro atoms. The third-order valence-corrected chi connectivity index (χ3v) is 1.99. The van der Waals surface area contributed by atoms with Crippen molar-refractivity contribution in [3.05, 3.63) is 42.4 Å². The van der Waals surface area contributed by atoms with Crippen LogP contribution in [0, 0.1) is 6.92 Å². The van der Waals surface area contributed by atoms with Crippen LogP contribution in [0.2, 0.25) is 0 Å². The predicted molar refractivity (Wildman–Crippen MR) is 56.6 cm³/mol. The van der Waals surface area contributed by atoms with Crippen LogP contribution in [0.5, 0.6) is 0 Å². The molecule has 2 aromatic rings. The molecule has 2 N–H and O–H groups in total. The highest BCUT2D eigenvalue weighted by atomic mass is 14.8. The SMILES string of the molecule is Cc1cc(-c2cccc(N)c2)ncn1. The number of hydrogen-bond donors (Lipinski definition) is 1. The van der Waals surface area contributed by atoms with Gasteiger partial charge in [0, 0.05) is 16.9 Å². The molecular formula is C11H11N3. The fourth-order valence-corrected chi connectivity index (χ4v) is 1.31. The molecule has 0 saturated carbocycles. The summed E-state index contributed by atoms with van der Waals surface area (Å²) < 4.78 is 0. The molecule has 1 heterocycles. The molecule has 1 aromatic heterocycles. The summed E-state index contributed by atoms with van der Waals surface area (Å²) >= 11 is 0. The Labute approximate surface area is 82.6 Å². The van der Waals surface area contributed by atoms with Gasteiger partial charge in [-0.2, -0.15) is 0 Å². The predicted octanol–water partition coefficient (Wildman–Crippen LogP) is 2.03. The first-order chi connectivity index (χ1) is 6.75. The van der Waals surface area contributed by atoms with Gasteiger partial charge in [0.25, 0.3) is 0 Å². The average Bonchev–Trinajstić information content (AvgIpc) is 2.18. The number of hydrogen-bond acceptors (Lipinski definition) is 3. The molecule has 0 bridgehead atoms. The maximum Gasteiger partial charge on any atom is 0.116 e. The minimum absolute atomic E-state index is 0.749. The number of nitrogens with zero attached hydrogens (tertiary/aromatic N) is 2. The maximum atomic E-state index is 5.69.